The maximum absolute atomic E-state index is 12.2. The van der Waals surface area contributed by atoms with Crippen molar-refractivity contribution in [1.29, 1.82) is 0 Å². The Balaban J connectivity index is 1.95. The van der Waals surface area contributed by atoms with E-state index in [4.69, 9.17) is 0 Å². The van der Waals surface area contributed by atoms with Crippen molar-refractivity contribution in [3.63, 3.8) is 0 Å². The fraction of sp³-hybridized carbons (Fsp3) is 0.615. The number of Topliss-reactive ketones (excluding diaryl/α,β-unsaturated/α-hetero) is 2. The molecule has 0 unspecified atom stereocenters. The molecular weight excluding hydrogens is 344 g/mol. The molecule has 1 aromatic carbocycles. The van der Waals surface area contributed by atoms with Crippen LogP contribution >= 0.6 is 0 Å². The Labute approximate surface area is 172 Å². The lowest BCUT2D eigenvalue weighted by molar-refractivity contribution is 0.0975. The third kappa shape index (κ3) is 11.9. The molecule has 28 heavy (non-hydrogen) atoms. The molecule has 1 rings (SSSR count). The fourth-order valence-corrected chi connectivity index (χ4v) is 3.39. The van der Waals surface area contributed by atoms with E-state index in [9.17, 15) is 9.59 Å². The van der Waals surface area contributed by atoms with Crippen LogP contribution < -0.4 is 0 Å². The molecule has 0 heterocycles. The van der Waals surface area contributed by atoms with Crippen LogP contribution in [-0.4, -0.2) is 11.6 Å². The molecule has 0 atom stereocenters. The molecule has 0 N–H and O–H groups in total. The first kappa shape index (κ1) is 24.3. The van der Waals surface area contributed by atoms with Gasteiger partial charge in [0.15, 0.2) is 11.6 Å². The summed E-state index contributed by atoms with van der Waals surface area (Å²) in [5.41, 5.74) is 1.39. The van der Waals surface area contributed by atoms with E-state index in [-0.39, 0.29) is 11.6 Å². The molecule has 0 spiro atoms. The van der Waals surface area contributed by atoms with Gasteiger partial charge in [-0.05, 0) is 39.0 Å². The summed E-state index contributed by atoms with van der Waals surface area (Å²) < 4.78 is 0. The van der Waals surface area contributed by atoms with Gasteiger partial charge >= 0.3 is 0 Å². The maximum Gasteiger partial charge on any atom is 0.162 e. The third-order valence-electron chi connectivity index (χ3n) is 5.28. The highest BCUT2D eigenvalue weighted by molar-refractivity contribution is 5.98. The van der Waals surface area contributed by atoms with Crippen LogP contribution in [0.1, 0.15) is 124 Å². The molecule has 0 saturated heterocycles. The van der Waals surface area contributed by atoms with Gasteiger partial charge in [0, 0.05) is 17.5 Å². The largest absolute Gasteiger partial charge is 0.295 e. The molecule has 0 aliphatic carbocycles. The van der Waals surface area contributed by atoms with Gasteiger partial charge in [0.1, 0.15) is 0 Å². The summed E-state index contributed by atoms with van der Waals surface area (Å²) in [6.45, 7) is 3.81. The summed E-state index contributed by atoms with van der Waals surface area (Å²) in [6, 6.07) is 7.04. The van der Waals surface area contributed by atoms with Crippen LogP contribution in [0.4, 0.5) is 0 Å². The normalized spacial score (nSPS) is 11.2. The molecule has 0 aliphatic rings. The molecule has 0 bridgehead atoms. The first-order chi connectivity index (χ1) is 13.6. The SMILES string of the molecule is CCCCCCCC/C=C\CCCCCCCC(=O)c1ccc(C(C)=O)cc1. The lowest BCUT2D eigenvalue weighted by Gasteiger charge is -2.03. The second-order valence-corrected chi connectivity index (χ2v) is 7.89. The number of hydrogen-bond acceptors (Lipinski definition) is 2. The molecule has 1 aromatic rings. The van der Waals surface area contributed by atoms with Gasteiger partial charge in [-0.25, -0.2) is 0 Å². The minimum Gasteiger partial charge on any atom is -0.295 e. The molecule has 2 nitrogen and oxygen atoms in total. The predicted molar refractivity (Wildman–Crippen MR) is 120 cm³/mol. The van der Waals surface area contributed by atoms with Crippen LogP contribution in [0.15, 0.2) is 36.4 Å². The Morgan fingerprint density at radius 2 is 1.14 bits per heavy atom. The van der Waals surface area contributed by atoms with E-state index in [1.54, 1.807) is 31.2 Å². The van der Waals surface area contributed by atoms with Crippen molar-refractivity contribution < 1.29 is 9.59 Å². The van der Waals surface area contributed by atoms with Gasteiger partial charge in [-0.3, -0.25) is 9.59 Å². The summed E-state index contributed by atoms with van der Waals surface area (Å²) in [5, 5.41) is 0. The van der Waals surface area contributed by atoms with Gasteiger partial charge in [0.05, 0.1) is 0 Å². The quantitative estimate of drug-likeness (QED) is 0.154. The van der Waals surface area contributed by atoms with E-state index in [0.717, 1.165) is 18.4 Å². The highest BCUT2D eigenvalue weighted by Crippen LogP contribution is 2.13. The predicted octanol–water partition coefficient (Wildman–Crippen LogP) is 8.11. The zero-order valence-corrected chi connectivity index (χ0v) is 18.2. The Morgan fingerprint density at radius 1 is 0.679 bits per heavy atom. The van der Waals surface area contributed by atoms with Crippen LogP contribution in [-0.2, 0) is 0 Å². The average Bonchev–Trinajstić information content (AvgIpc) is 2.70. The smallest absolute Gasteiger partial charge is 0.162 e. The molecule has 0 radical (unpaired) electrons. The van der Waals surface area contributed by atoms with Gasteiger partial charge in [0.2, 0.25) is 0 Å². The van der Waals surface area contributed by atoms with E-state index >= 15 is 0 Å². The van der Waals surface area contributed by atoms with Crippen molar-refractivity contribution in [1.82, 2.24) is 0 Å². The lowest BCUT2D eigenvalue weighted by Crippen LogP contribution is -2.00. The van der Waals surface area contributed by atoms with Gasteiger partial charge in [-0.2, -0.15) is 0 Å². The number of unbranched alkanes of at least 4 members (excludes halogenated alkanes) is 11. The monoisotopic (exact) mass is 384 g/mol. The molecular formula is C26H40O2. The fourth-order valence-electron chi connectivity index (χ4n) is 3.39. The summed E-state index contributed by atoms with van der Waals surface area (Å²) in [6.07, 6.45) is 21.8. The van der Waals surface area contributed by atoms with Crippen LogP contribution in [0.5, 0.6) is 0 Å². The van der Waals surface area contributed by atoms with Crippen molar-refractivity contribution in [2.75, 3.05) is 0 Å². The molecule has 156 valence electrons. The molecule has 0 aliphatic heterocycles. The number of ketones is 2. The van der Waals surface area contributed by atoms with Crippen molar-refractivity contribution in [2.24, 2.45) is 0 Å². The van der Waals surface area contributed by atoms with Crippen LogP contribution in [0.3, 0.4) is 0 Å². The van der Waals surface area contributed by atoms with E-state index < -0.39 is 0 Å². The summed E-state index contributed by atoms with van der Waals surface area (Å²) in [4.78, 5) is 23.4. The highest BCUT2D eigenvalue weighted by atomic mass is 16.1. The zero-order chi connectivity index (χ0) is 20.5. The van der Waals surface area contributed by atoms with E-state index in [2.05, 4.69) is 19.1 Å². The highest BCUT2D eigenvalue weighted by Gasteiger charge is 2.06. The van der Waals surface area contributed by atoms with Gasteiger partial charge in [-0.15, -0.1) is 0 Å². The molecule has 0 aromatic heterocycles. The third-order valence-corrected chi connectivity index (χ3v) is 5.28. The number of hydrogen-bond donors (Lipinski definition) is 0. The average molecular weight is 385 g/mol. The Morgan fingerprint density at radius 3 is 1.68 bits per heavy atom. The second kappa shape index (κ2) is 16.3. The van der Waals surface area contributed by atoms with Crippen LogP contribution in [0, 0.1) is 0 Å². The van der Waals surface area contributed by atoms with Crippen molar-refractivity contribution in [2.45, 2.75) is 104 Å². The minimum atomic E-state index is 0.0382. The summed E-state index contributed by atoms with van der Waals surface area (Å²) in [7, 11) is 0. The number of carbonyl (C=O) groups is 2. The first-order valence-corrected chi connectivity index (χ1v) is 11.4. The number of carbonyl (C=O) groups excluding carboxylic acids is 2. The number of rotatable bonds is 17. The van der Waals surface area contributed by atoms with Crippen molar-refractivity contribution in [3.05, 3.63) is 47.5 Å². The Kier molecular flexibility index (Phi) is 14.1. The van der Waals surface area contributed by atoms with Gasteiger partial charge in [-0.1, -0.05) is 94.7 Å². The molecule has 0 saturated carbocycles. The standard InChI is InChI=1S/C26H40O2/c1-3-4-5-6-7-8-9-10-11-12-13-14-15-16-17-18-26(28)25-21-19-24(20-22-25)23(2)27/h10-11,19-22H,3-9,12-18H2,1-2H3/b11-10-. The van der Waals surface area contributed by atoms with Crippen molar-refractivity contribution >= 4 is 11.6 Å². The summed E-state index contributed by atoms with van der Waals surface area (Å²) >= 11 is 0. The van der Waals surface area contributed by atoms with E-state index in [0.29, 0.717) is 12.0 Å². The topological polar surface area (TPSA) is 34.1 Å². The number of allylic oxidation sites excluding steroid dienone is 2. The molecule has 0 fully saturated rings. The molecule has 2 heteroatoms. The first-order valence-electron chi connectivity index (χ1n) is 11.4. The van der Waals surface area contributed by atoms with Crippen LogP contribution in [0.25, 0.3) is 0 Å². The summed E-state index contributed by atoms with van der Waals surface area (Å²) in [5.74, 6) is 0.226. The van der Waals surface area contributed by atoms with Gasteiger partial charge < -0.3 is 0 Å². The van der Waals surface area contributed by atoms with Crippen molar-refractivity contribution in [3.8, 4) is 0 Å². The van der Waals surface area contributed by atoms with E-state index in [1.165, 1.54) is 70.6 Å². The zero-order valence-electron chi connectivity index (χ0n) is 18.2. The Bertz CT molecular complexity index is 569. The lowest BCUT2D eigenvalue weighted by atomic mass is 10.0. The van der Waals surface area contributed by atoms with Gasteiger partial charge in [0.25, 0.3) is 0 Å². The molecule has 0 amide bonds. The maximum atomic E-state index is 12.2. The second-order valence-electron chi connectivity index (χ2n) is 7.89. The minimum absolute atomic E-state index is 0.0382. The Hall–Kier alpha value is -1.70. The van der Waals surface area contributed by atoms with Crippen LogP contribution in [0.2, 0.25) is 0 Å². The number of benzene rings is 1. The van der Waals surface area contributed by atoms with E-state index in [1.807, 2.05) is 0 Å².